The highest BCUT2D eigenvalue weighted by molar-refractivity contribution is 5.79. The van der Waals surface area contributed by atoms with Crippen molar-refractivity contribution in [3.05, 3.63) is 0 Å². The molecule has 1 N–H and O–H groups in total. The lowest BCUT2D eigenvalue weighted by atomic mass is 9.88. The summed E-state index contributed by atoms with van der Waals surface area (Å²) in [5, 5.41) is 5.10. The summed E-state index contributed by atoms with van der Waals surface area (Å²) in [5.74, 6) is 0.399. The van der Waals surface area contributed by atoms with Crippen LogP contribution in [0.25, 0.3) is 0 Å². The molecule has 0 aliphatic carbocycles. The highest BCUT2D eigenvalue weighted by Gasteiger charge is 2.44. The van der Waals surface area contributed by atoms with E-state index in [9.17, 15) is 4.79 Å². The van der Waals surface area contributed by atoms with Gasteiger partial charge in [-0.05, 0) is 32.1 Å². The minimum absolute atomic E-state index is 0.182. The number of hydroxylamine groups is 2. The van der Waals surface area contributed by atoms with Crippen molar-refractivity contribution in [2.24, 2.45) is 5.92 Å². The van der Waals surface area contributed by atoms with Crippen LogP contribution in [0, 0.1) is 5.92 Å². The molecule has 0 radical (unpaired) electrons. The van der Waals surface area contributed by atoms with Gasteiger partial charge in [-0.3, -0.25) is 9.63 Å². The van der Waals surface area contributed by atoms with Crippen LogP contribution in [0.2, 0.25) is 0 Å². The molecule has 3 aliphatic heterocycles. The molecule has 4 heteroatoms. The van der Waals surface area contributed by atoms with Crippen molar-refractivity contribution in [2.75, 3.05) is 13.2 Å². The number of carbonyl (C=O) groups excluding carboxylic acids is 1. The van der Waals surface area contributed by atoms with E-state index in [0.29, 0.717) is 18.7 Å². The van der Waals surface area contributed by atoms with E-state index in [1.807, 2.05) is 0 Å². The van der Waals surface area contributed by atoms with E-state index in [1.54, 1.807) is 5.06 Å². The van der Waals surface area contributed by atoms with Crippen LogP contribution in [-0.2, 0) is 9.63 Å². The van der Waals surface area contributed by atoms with Gasteiger partial charge in [0, 0.05) is 18.6 Å². The SMILES string of the molecule is O=C(C1CC2CCC1N2)N1CCCCO1. The van der Waals surface area contributed by atoms with Crippen LogP contribution < -0.4 is 5.32 Å². The zero-order chi connectivity index (χ0) is 10.3. The summed E-state index contributed by atoms with van der Waals surface area (Å²) in [6.45, 7) is 1.49. The first-order valence-corrected chi connectivity index (χ1v) is 6.05. The third-order valence-electron chi connectivity index (χ3n) is 3.87. The lowest BCUT2D eigenvalue weighted by Gasteiger charge is -2.30. The van der Waals surface area contributed by atoms with Gasteiger partial charge in [0.15, 0.2) is 0 Å². The van der Waals surface area contributed by atoms with Gasteiger partial charge in [-0.1, -0.05) is 0 Å². The number of carbonyl (C=O) groups is 1. The minimum Gasteiger partial charge on any atom is -0.310 e. The summed E-state index contributed by atoms with van der Waals surface area (Å²) in [6.07, 6.45) is 5.59. The Morgan fingerprint density at radius 3 is 2.87 bits per heavy atom. The van der Waals surface area contributed by atoms with Crippen LogP contribution in [0.3, 0.4) is 0 Å². The lowest BCUT2D eigenvalue weighted by molar-refractivity contribution is -0.201. The summed E-state index contributed by atoms with van der Waals surface area (Å²) in [6, 6.07) is 1.02. The van der Waals surface area contributed by atoms with Gasteiger partial charge in [0.2, 0.25) is 0 Å². The first-order valence-electron chi connectivity index (χ1n) is 6.05. The van der Waals surface area contributed by atoms with Gasteiger partial charge in [-0.25, -0.2) is 5.06 Å². The fraction of sp³-hybridized carbons (Fsp3) is 0.909. The van der Waals surface area contributed by atoms with E-state index in [-0.39, 0.29) is 11.8 Å². The molecular formula is C11H18N2O2. The van der Waals surface area contributed by atoms with Crippen molar-refractivity contribution in [2.45, 2.75) is 44.2 Å². The Bertz CT molecular complexity index is 263. The molecule has 84 valence electrons. The highest BCUT2D eigenvalue weighted by atomic mass is 16.7. The van der Waals surface area contributed by atoms with Gasteiger partial charge < -0.3 is 5.32 Å². The van der Waals surface area contributed by atoms with Crippen LogP contribution >= 0.6 is 0 Å². The minimum atomic E-state index is 0.182. The fourth-order valence-corrected chi connectivity index (χ4v) is 3.05. The zero-order valence-electron chi connectivity index (χ0n) is 8.95. The Morgan fingerprint density at radius 2 is 2.27 bits per heavy atom. The molecule has 0 aromatic rings. The third kappa shape index (κ3) is 1.66. The molecule has 3 rings (SSSR count). The standard InChI is InChI=1S/C11H18N2O2/c14-11(13-5-1-2-6-15-13)9-7-8-3-4-10(9)12-8/h8-10,12H,1-7H2. The van der Waals surface area contributed by atoms with E-state index in [0.717, 1.165) is 32.2 Å². The molecule has 0 spiro atoms. The Hall–Kier alpha value is -0.610. The number of nitrogens with one attached hydrogen (secondary N) is 1. The largest absolute Gasteiger partial charge is 0.310 e. The maximum Gasteiger partial charge on any atom is 0.250 e. The van der Waals surface area contributed by atoms with Gasteiger partial charge in [0.05, 0.1) is 12.5 Å². The molecule has 0 saturated carbocycles. The normalized spacial score (nSPS) is 39.7. The average Bonchev–Trinajstić information content (AvgIpc) is 2.91. The highest BCUT2D eigenvalue weighted by Crippen LogP contribution is 2.34. The lowest BCUT2D eigenvalue weighted by Crippen LogP contribution is -2.43. The van der Waals surface area contributed by atoms with E-state index < -0.39 is 0 Å². The topological polar surface area (TPSA) is 41.6 Å². The maximum absolute atomic E-state index is 12.2. The Morgan fingerprint density at radius 1 is 1.33 bits per heavy atom. The molecule has 4 nitrogen and oxygen atoms in total. The monoisotopic (exact) mass is 210 g/mol. The van der Waals surface area contributed by atoms with Gasteiger partial charge in [0.25, 0.3) is 5.91 Å². The molecule has 1 amide bonds. The molecule has 3 atom stereocenters. The van der Waals surface area contributed by atoms with Gasteiger partial charge >= 0.3 is 0 Å². The number of nitrogens with zero attached hydrogens (tertiary/aromatic N) is 1. The van der Waals surface area contributed by atoms with Crippen molar-refractivity contribution in [3.8, 4) is 0 Å². The second-order valence-corrected chi connectivity index (χ2v) is 4.87. The molecule has 15 heavy (non-hydrogen) atoms. The van der Waals surface area contributed by atoms with Gasteiger partial charge in [-0.2, -0.15) is 0 Å². The van der Waals surface area contributed by atoms with Crippen LogP contribution in [0.1, 0.15) is 32.1 Å². The summed E-state index contributed by atoms with van der Waals surface area (Å²) in [4.78, 5) is 17.6. The second kappa shape index (κ2) is 3.76. The molecular weight excluding hydrogens is 192 g/mol. The van der Waals surface area contributed by atoms with Crippen LogP contribution in [-0.4, -0.2) is 36.2 Å². The number of rotatable bonds is 1. The van der Waals surface area contributed by atoms with E-state index in [1.165, 1.54) is 6.42 Å². The Labute approximate surface area is 89.9 Å². The Balaban J connectivity index is 1.64. The number of amides is 1. The molecule has 0 aromatic heterocycles. The predicted octanol–water partition coefficient (Wildman–Crippen LogP) is 0.681. The molecule has 2 bridgehead atoms. The first-order chi connectivity index (χ1) is 7.34. The summed E-state index contributed by atoms with van der Waals surface area (Å²) < 4.78 is 0. The van der Waals surface area contributed by atoms with Crippen LogP contribution in [0.5, 0.6) is 0 Å². The van der Waals surface area contributed by atoms with E-state index in [4.69, 9.17) is 4.84 Å². The van der Waals surface area contributed by atoms with E-state index >= 15 is 0 Å². The molecule has 3 unspecified atom stereocenters. The van der Waals surface area contributed by atoms with Crippen molar-refractivity contribution in [3.63, 3.8) is 0 Å². The fourth-order valence-electron chi connectivity index (χ4n) is 3.05. The average molecular weight is 210 g/mol. The van der Waals surface area contributed by atoms with Gasteiger partial charge in [-0.15, -0.1) is 0 Å². The molecule has 0 aromatic carbocycles. The number of fused-ring (bicyclic) bond motifs is 2. The first kappa shape index (κ1) is 9.60. The molecule has 3 heterocycles. The number of hydrogen-bond donors (Lipinski definition) is 1. The Kier molecular flexibility index (Phi) is 2.41. The smallest absolute Gasteiger partial charge is 0.250 e. The van der Waals surface area contributed by atoms with Gasteiger partial charge in [0.1, 0.15) is 0 Å². The number of hydrogen-bond acceptors (Lipinski definition) is 3. The zero-order valence-corrected chi connectivity index (χ0v) is 8.95. The summed E-state index contributed by atoms with van der Waals surface area (Å²) in [7, 11) is 0. The van der Waals surface area contributed by atoms with Crippen molar-refractivity contribution >= 4 is 5.91 Å². The maximum atomic E-state index is 12.2. The second-order valence-electron chi connectivity index (χ2n) is 4.87. The van der Waals surface area contributed by atoms with Crippen LogP contribution in [0.4, 0.5) is 0 Å². The van der Waals surface area contributed by atoms with Crippen molar-refractivity contribution in [1.82, 2.24) is 10.4 Å². The molecule has 3 fully saturated rings. The van der Waals surface area contributed by atoms with Crippen LogP contribution in [0.15, 0.2) is 0 Å². The van der Waals surface area contributed by atoms with Crippen molar-refractivity contribution < 1.29 is 9.63 Å². The molecule has 3 aliphatic rings. The quantitative estimate of drug-likeness (QED) is 0.692. The molecule has 3 saturated heterocycles. The summed E-state index contributed by atoms with van der Waals surface area (Å²) in [5.41, 5.74) is 0. The van der Waals surface area contributed by atoms with Crippen molar-refractivity contribution in [1.29, 1.82) is 0 Å². The van der Waals surface area contributed by atoms with E-state index in [2.05, 4.69) is 5.32 Å². The summed E-state index contributed by atoms with van der Waals surface area (Å²) >= 11 is 0. The third-order valence-corrected chi connectivity index (χ3v) is 3.87. The predicted molar refractivity (Wildman–Crippen MR) is 55.0 cm³/mol.